The van der Waals surface area contributed by atoms with Crippen LogP contribution < -0.4 is 10.1 Å². The second-order valence-electron chi connectivity index (χ2n) is 4.79. The predicted octanol–water partition coefficient (Wildman–Crippen LogP) is 4.66. The van der Waals surface area contributed by atoms with Gasteiger partial charge in [-0.15, -0.1) is 0 Å². The second kappa shape index (κ2) is 6.21. The van der Waals surface area contributed by atoms with Crippen LogP contribution in [0.3, 0.4) is 0 Å². The number of ether oxygens (including phenoxy) is 1. The van der Waals surface area contributed by atoms with E-state index >= 15 is 0 Å². The first-order chi connectivity index (χ1) is 11.1. The van der Waals surface area contributed by atoms with E-state index in [0.29, 0.717) is 10.9 Å². The van der Waals surface area contributed by atoms with Crippen molar-refractivity contribution >= 4 is 43.9 Å². The average molecular weight is 374 g/mol. The van der Waals surface area contributed by atoms with Crippen LogP contribution in [0.5, 0.6) is 5.75 Å². The highest BCUT2D eigenvalue weighted by Crippen LogP contribution is 2.35. The zero-order valence-electron chi connectivity index (χ0n) is 12.1. The Morgan fingerprint density at radius 3 is 2.78 bits per heavy atom. The molecule has 1 aromatic heterocycles. The Morgan fingerprint density at radius 1 is 1.26 bits per heavy atom. The van der Waals surface area contributed by atoms with Gasteiger partial charge in [-0.25, -0.2) is 0 Å². The van der Waals surface area contributed by atoms with Crippen LogP contribution in [0.4, 0.5) is 17.1 Å². The lowest BCUT2D eigenvalue weighted by molar-refractivity contribution is -0.385. The van der Waals surface area contributed by atoms with Crippen LogP contribution in [0.15, 0.2) is 53.1 Å². The summed E-state index contributed by atoms with van der Waals surface area (Å²) in [5.41, 5.74) is 2.13. The maximum Gasteiger partial charge on any atom is 0.311 e. The van der Waals surface area contributed by atoms with E-state index in [1.807, 2.05) is 24.3 Å². The molecule has 0 saturated carbocycles. The summed E-state index contributed by atoms with van der Waals surface area (Å²) in [6.45, 7) is 0. The maximum absolute atomic E-state index is 11.2. The van der Waals surface area contributed by atoms with Crippen LogP contribution in [0.1, 0.15) is 0 Å². The number of hydrogen-bond donors (Lipinski definition) is 1. The van der Waals surface area contributed by atoms with E-state index in [0.717, 1.165) is 15.8 Å². The van der Waals surface area contributed by atoms with Gasteiger partial charge < -0.3 is 10.1 Å². The van der Waals surface area contributed by atoms with E-state index in [2.05, 4.69) is 26.2 Å². The normalized spacial score (nSPS) is 10.5. The molecule has 0 amide bonds. The van der Waals surface area contributed by atoms with Gasteiger partial charge in [0.05, 0.1) is 17.5 Å². The number of fused-ring (bicyclic) bond motifs is 1. The SMILES string of the molecule is COc1cc2nccc(Nc3cccc(Br)c3)c2cc1[N+](=O)[O-]. The standard InChI is InChI=1S/C16H12BrN3O3/c1-23-16-9-14-12(8-15(16)20(21)22)13(5-6-18-14)19-11-4-2-3-10(17)7-11/h2-9H,1H3,(H,18,19). The lowest BCUT2D eigenvalue weighted by Crippen LogP contribution is -1.97. The Hall–Kier alpha value is -2.67. The molecule has 3 rings (SSSR count). The average Bonchev–Trinajstić information content (AvgIpc) is 2.54. The molecule has 0 spiro atoms. The molecule has 23 heavy (non-hydrogen) atoms. The van der Waals surface area contributed by atoms with Gasteiger partial charge in [0.2, 0.25) is 0 Å². The Kier molecular flexibility index (Phi) is 4.12. The van der Waals surface area contributed by atoms with Gasteiger partial charge in [-0.3, -0.25) is 15.1 Å². The number of benzene rings is 2. The Balaban J connectivity index is 2.13. The van der Waals surface area contributed by atoms with E-state index in [1.54, 1.807) is 18.3 Å². The first-order valence-electron chi connectivity index (χ1n) is 6.72. The molecule has 0 atom stereocenters. The van der Waals surface area contributed by atoms with Crippen molar-refractivity contribution in [1.82, 2.24) is 4.98 Å². The quantitative estimate of drug-likeness (QED) is 0.531. The van der Waals surface area contributed by atoms with Crippen molar-refractivity contribution < 1.29 is 9.66 Å². The molecule has 0 fully saturated rings. The molecule has 0 bridgehead atoms. The maximum atomic E-state index is 11.2. The van der Waals surface area contributed by atoms with Crippen LogP contribution in [0.2, 0.25) is 0 Å². The van der Waals surface area contributed by atoms with Gasteiger partial charge in [0.15, 0.2) is 5.75 Å². The smallest absolute Gasteiger partial charge is 0.311 e. The highest BCUT2D eigenvalue weighted by atomic mass is 79.9. The van der Waals surface area contributed by atoms with Crippen LogP contribution in [-0.2, 0) is 0 Å². The molecule has 3 aromatic rings. The van der Waals surface area contributed by atoms with E-state index in [4.69, 9.17) is 4.74 Å². The molecule has 0 radical (unpaired) electrons. The first kappa shape index (κ1) is 15.2. The highest BCUT2D eigenvalue weighted by molar-refractivity contribution is 9.10. The number of nitro groups is 1. The number of rotatable bonds is 4. The minimum Gasteiger partial charge on any atom is -0.490 e. The molecule has 0 aliphatic carbocycles. The van der Waals surface area contributed by atoms with E-state index < -0.39 is 4.92 Å². The monoisotopic (exact) mass is 373 g/mol. The third-order valence-corrected chi connectivity index (χ3v) is 3.84. The number of nitrogens with zero attached hydrogens (tertiary/aromatic N) is 2. The summed E-state index contributed by atoms with van der Waals surface area (Å²) >= 11 is 3.42. The van der Waals surface area contributed by atoms with Crippen LogP contribution in [0.25, 0.3) is 10.9 Å². The van der Waals surface area contributed by atoms with Crippen molar-refractivity contribution in [2.45, 2.75) is 0 Å². The summed E-state index contributed by atoms with van der Waals surface area (Å²) in [6.07, 6.45) is 1.65. The van der Waals surface area contributed by atoms with Crippen molar-refractivity contribution in [2.75, 3.05) is 12.4 Å². The molecule has 0 saturated heterocycles. The van der Waals surface area contributed by atoms with Gasteiger partial charge in [0, 0.05) is 39.6 Å². The van der Waals surface area contributed by atoms with Gasteiger partial charge in [-0.2, -0.15) is 0 Å². The fourth-order valence-corrected chi connectivity index (χ4v) is 2.70. The summed E-state index contributed by atoms with van der Waals surface area (Å²) in [5.74, 6) is 0.189. The van der Waals surface area contributed by atoms with Crippen molar-refractivity contribution in [1.29, 1.82) is 0 Å². The van der Waals surface area contributed by atoms with E-state index in [9.17, 15) is 10.1 Å². The fraction of sp³-hybridized carbons (Fsp3) is 0.0625. The molecule has 116 valence electrons. The third kappa shape index (κ3) is 3.09. The molecule has 0 unspecified atom stereocenters. The van der Waals surface area contributed by atoms with Crippen molar-refractivity contribution in [3.05, 3.63) is 63.2 Å². The summed E-state index contributed by atoms with van der Waals surface area (Å²) in [5, 5.41) is 15.1. The predicted molar refractivity (Wildman–Crippen MR) is 92.4 cm³/mol. The Morgan fingerprint density at radius 2 is 2.09 bits per heavy atom. The first-order valence-corrected chi connectivity index (χ1v) is 7.51. The minimum absolute atomic E-state index is 0.0923. The number of nitrogens with one attached hydrogen (secondary N) is 1. The number of anilines is 2. The number of aromatic nitrogens is 1. The van der Waals surface area contributed by atoms with Gasteiger partial charge in [0.1, 0.15) is 0 Å². The van der Waals surface area contributed by atoms with Crippen LogP contribution in [-0.4, -0.2) is 17.0 Å². The number of nitro benzene ring substituents is 1. The molecular weight excluding hydrogens is 362 g/mol. The van der Waals surface area contributed by atoms with E-state index in [1.165, 1.54) is 13.2 Å². The number of pyridine rings is 1. The molecule has 2 aromatic carbocycles. The molecule has 1 N–H and O–H groups in total. The Labute approximate surface area is 140 Å². The molecule has 1 heterocycles. The van der Waals surface area contributed by atoms with Crippen LogP contribution >= 0.6 is 15.9 Å². The van der Waals surface area contributed by atoms with Gasteiger partial charge in [0.25, 0.3) is 0 Å². The molecule has 7 heteroatoms. The number of methoxy groups -OCH3 is 1. The Bertz CT molecular complexity index is 899. The van der Waals surface area contributed by atoms with Gasteiger partial charge in [-0.05, 0) is 24.3 Å². The van der Waals surface area contributed by atoms with Crippen molar-refractivity contribution in [2.24, 2.45) is 0 Å². The lowest BCUT2D eigenvalue weighted by atomic mass is 10.1. The second-order valence-corrected chi connectivity index (χ2v) is 5.71. The topological polar surface area (TPSA) is 77.3 Å². The fourth-order valence-electron chi connectivity index (χ4n) is 2.30. The highest BCUT2D eigenvalue weighted by Gasteiger charge is 2.17. The summed E-state index contributed by atoms with van der Waals surface area (Å²) in [7, 11) is 1.40. The largest absolute Gasteiger partial charge is 0.490 e. The molecule has 0 aliphatic rings. The van der Waals surface area contributed by atoms with Crippen LogP contribution in [0, 0.1) is 10.1 Å². The molecular formula is C16H12BrN3O3. The molecule has 0 aliphatic heterocycles. The third-order valence-electron chi connectivity index (χ3n) is 3.34. The number of halogens is 1. The summed E-state index contributed by atoms with van der Waals surface area (Å²) in [4.78, 5) is 15.0. The minimum atomic E-state index is -0.464. The lowest BCUT2D eigenvalue weighted by Gasteiger charge is -2.11. The molecule has 6 nitrogen and oxygen atoms in total. The van der Waals surface area contributed by atoms with Crippen molar-refractivity contribution in [3.63, 3.8) is 0 Å². The van der Waals surface area contributed by atoms with Gasteiger partial charge >= 0.3 is 5.69 Å². The summed E-state index contributed by atoms with van der Waals surface area (Å²) in [6, 6.07) is 12.5. The van der Waals surface area contributed by atoms with Crippen molar-refractivity contribution in [3.8, 4) is 5.75 Å². The zero-order chi connectivity index (χ0) is 16.4. The van der Waals surface area contributed by atoms with E-state index in [-0.39, 0.29) is 11.4 Å². The summed E-state index contributed by atoms with van der Waals surface area (Å²) < 4.78 is 6.02. The number of hydrogen-bond acceptors (Lipinski definition) is 5. The zero-order valence-corrected chi connectivity index (χ0v) is 13.7. The van der Waals surface area contributed by atoms with Gasteiger partial charge in [-0.1, -0.05) is 22.0 Å².